The summed E-state index contributed by atoms with van der Waals surface area (Å²) in [6, 6.07) is 6.23. The molecule has 1 nitrogen and oxygen atoms in total. The van der Waals surface area contributed by atoms with E-state index in [1.807, 2.05) is 24.9 Å². The monoisotopic (exact) mass is 241 g/mol. The topological polar surface area (TPSA) is 12.0 Å². The summed E-state index contributed by atoms with van der Waals surface area (Å²) in [7, 11) is 2.03. The van der Waals surface area contributed by atoms with Crippen molar-refractivity contribution >= 4 is 23.4 Å². The van der Waals surface area contributed by atoms with E-state index < -0.39 is 0 Å². The van der Waals surface area contributed by atoms with E-state index in [4.69, 9.17) is 11.6 Å². The molecule has 0 radical (unpaired) electrons. The van der Waals surface area contributed by atoms with Gasteiger partial charge < -0.3 is 5.32 Å². The summed E-state index contributed by atoms with van der Waals surface area (Å²) in [6.45, 7) is 2.26. The average Bonchev–Trinajstić information content (AvgIpc) is 2.40. The van der Waals surface area contributed by atoms with Gasteiger partial charge in [-0.2, -0.15) is 0 Å². The normalized spacial score (nSPS) is 25.8. The molecule has 0 fully saturated rings. The molecule has 1 aromatic carbocycles. The van der Waals surface area contributed by atoms with Crippen LogP contribution in [0.5, 0.6) is 0 Å². The molecule has 0 bridgehead atoms. The summed E-state index contributed by atoms with van der Waals surface area (Å²) < 4.78 is 0. The van der Waals surface area contributed by atoms with Crippen LogP contribution >= 0.6 is 23.4 Å². The lowest BCUT2D eigenvalue weighted by atomic mass is 9.88. The van der Waals surface area contributed by atoms with Gasteiger partial charge in [0.25, 0.3) is 0 Å². The minimum Gasteiger partial charge on any atom is -0.311 e. The van der Waals surface area contributed by atoms with E-state index in [1.165, 1.54) is 29.1 Å². The van der Waals surface area contributed by atoms with Crippen LogP contribution in [0.25, 0.3) is 0 Å². The molecule has 1 aromatic rings. The fraction of sp³-hybridized carbons (Fsp3) is 0.500. The Kier molecular flexibility index (Phi) is 3.29. The Balaban J connectivity index is 2.52. The standard InChI is InChI=1S/C12H16ClNS/c1-12(14-2)6-3-7-15-11-5-4-9(13)8-10(11)12/h4-5,8,14H,3,6-7H2,1-2H3. The van der Waals surface area contributed by atoms with Crippen LogP contribution in [0, 0.1) is 0 Å². The highest BCUT2D eigenvalue weighted by atomic mass is 35.5. The first-order valence-electron chi connectivity index (χ1n) is 5.27. The van der Waals surface area contributed by atoms with Crippen molar-refractivity contribution in [1.82, 2.24) is 5.32 Å². The largest absolute Gasteiger partial charge is 0.311 e. The van der Waals surface area contributed by atoms with Crippen molar-refractivity contribution in [2.24, 2.45) is 0 Å². The molecular formula is C12H16ClNS. The van der Waals surface area contributed by atoms with Crippen LogP contribution in [0.2, 0.25) is 5.02 Å². The van der Waals surface area contributed by atoms with E-state index in [0.717, 1.165) is 5.02 Å². The molecule has 3 heteroatoms. The maximum atomic E-state index is 6.08. The lowest BCUT2D eigenvalue weighted by Crippen LogP contribution is -2.36. The number of thioether (sulfide) groups is 1. The van der Waals surface area contributed by atoms with Crippen LogP contribution in [0.3, 0.4) is 0 Å². The van der Waals surface area contributed by atoms with Crippen molar-refractivity contribution in [3.8, 4) is 0 Å². The quantitative estimate of drug-likeness (QED) is 0.806. The van der Waals surface area contributed by atoms with Gasteiger partial charge in [0.1, 0.15) is 0 Å². The summed E-state index contributed by atoms with van der Waals surface area (Å²) in [5.41, 5.74) is 1.42. The van der Waals surface area contributed by atoms with Gasteiger partial charge >= 0.3 is 0 Å². The molecule has 1 atom stereocenters. The van der Waals surface area contributed by atoms with E-state index in [0.29, 0.717) is 0 Å². The molecular weight excluding hydrogens is 226 g/mol. The van der Waals surface area contributed by atoms with Crippen molar-refractivity contribution in [1.29, 1.82) is 0 Å². The first-order chi connectivity index (χ1) is 7.15. The maximum absolute atomic E-state index is 6.08. The second-order valence-corrected chi connectivity index (χ2v) is 5.75. The Morgan fingerprint density at radius 2 is 2.27 bits per heavy atom. The third-order valence-electron chi connectivity index (χ3n) is 3.17. The van der Waals surface area contributed by atoms with Gasteiger partial charge in [0.05, 0.1) is 0 Å². The SMILES string of the molecule is CNC1(C)CCCSc2ccc(Cl)cc21. The van der Waals surface area contributed by atoms with Gasteiger partial charge in [0, 0.05) is 15.5 Å². The van der Waals surface area contributed by atoms with Gasteiger partial charge in [-0.05, 0) is 56.3 Å². The van der Waals surface area contributed by atoms with Crippen molar-refractivity contribution < 1.29 is 0 Å². The predicted octanol–water partition coefficient (Wildman–Crippen LogP) is 3.66. The average molecular weight is 242 g/mol. The van der Waals surface area contributed by atoms with Gasteiger partial charge in [-0.15, -0.1) is 11.8 Å². The first-order valence-corrected chi connectivity index (χ1v) is 6.64. The molecule has 0 aromatic heterocycles. The van der Waals surface area contributed by atoms with Crippen molar-refractivity contribution in [2.45, 2.75) is 30.2 Å². The molecule has 1 aliphatic heterocycles. The van der Waals surface area contributed by atoms with Crippen LogP contribution in [0.15, 0.2) is 23.1 Å². The van der Waals surface area contributed by atoms with E-state index in [2.05, 4.69) is 24.4 Å². The van der Waals surface area contributed by atoms with Crippen molar-refractivity contribution in [3.63, 3.8) is 0 Å². The van der Waals surface area contributed by atoms with E-state index in [9.17, 15) is 0 Å². The maximum Gasteiger partial charge on any atom is 0.0415 e. The third-order valence-corrected chi connectivity index (χ3v) is 4.56. The Bertz CT molecular complexity index is 367. The number of rotatable bonds is 1. The second-order valence-electron chi connectivity index (χ2n) is 4.17. The highest BCUT2D eigenvalue weighted by molar-refractivity contribution is 7.99. The summed E-state index contributed by atoms with van der Waals surface area (Å²) in [5, 5.41) is 4.26. The van der Waals surface area contributed by atoms with Gasteiger partial charge in [-0.3, -0.25) is 0 Å². The summed E-state index contributed by atoms with van der Waals surface area (Å²) in [4.78, 5) is 1.37. The highest BCUT2D eigenvalue weighted by Gasteiger charge is 2.29. The minimum absolute atomic E-state index is 0.0731. The molecule has 0 amide bonds. The van der Waals surface area contributed by atoms with E-state index in [1.54, 1.807) is 0 Å². The molecule has 1 N–H and O–H groups in total. The van der Waals surface area contributed by atoms with Gasteiger partial charge in [-0.25, -0.2) is 0 Å². The number of halogens is 1. The lowest BCUT2D eigenvalue weighted by Gasteiger charge is -2.29. The zero-order valence-corrected chi connectivity index (χ0v) is 10.7. The molecule has 2 rings (SSSR count). The molecule has 15 heavy (non-hydrogen) atoms. The summed E-state index contributed by atoms with van der Waals surface area (Å²) in [6.07, 6.45) is 2.41. The van der Waals surface area contributed by atoms with E-state index >= 15 is 0 Å². The summed E-state index contributed by atoms with van der Waals surface area (Å²) in [5.74, 6) is 1.20. The lowest BCUT2D eigenvalue weighted by molar-refractivity contribution is 0.363. The molecule has 0 saturated carbocycles. The summed E-state index contributed by atoms with van der Waals surface area (Å²) >= 11 is 8.01. The van der Waals surface area contributed by atoms with Crippen LogP contribution in [-0.4, -0.2) is 12.8 Å². The number of hydrogen-bond donors (Lipinski definition) is 1. The molecule has 1 heterocycles. The molecule has 1 aliphatic rings. The molecule has 82 valence electrons. The van der Waals surface area contributed by atoms with Crippen molar-refractivity contribution in [3.05, 3.63) is 28.8 Å². The molecule has 1 unspecified atom stereocenters. The van der Waals surface area contributed by atoms with Crippen molar-refractivity contribution in [2.75, 3.05) is 12.8 Å². The van der Waals surface area contributed by atoms with Crippen LogP contribution < -0.4 is 5.32 Å². The Labute approximate surface area is 101 Å². The van der Waals surface area contributed by atoms with E-state index in [-0.39, 0.29) is 5.54 Å². The van der Waals surface area contributed by atoms with Crippen LogP contribution in [0.4, 0.5) is 0 Å². The Morgan fingerprint density at radius 1 is 1.47 bits per heavy atom. The predicted molar refractivity (Wildman–Crippen MR) is 67.8 cm³/mol. The zero-order chi connectivity index (χ0) is 10.9. The van der Waals surface area contributed by atoms with Crippen LogP contribution in [-0.2, 0) is 5.54 Å². The highest BCUT2D eigenvalue weighted by Crippen LogP contribution is 2.39. The fourth-order valence-electron chi connectivity index (χ4n) is 2.06. The van der Waals surface area contributed by atoms with Gasteiger partial charge in [-0.1, -0.05) is 11.6 Å². The molecule has 0 spiro atoms. The Hall–Kier alpha value is -0.180. The number of nitrogens with one attached hydrogen (secondary N) is 1. The Morgan fingerprint density at radius 3 is 3.00 bits per heavy atom. The number of fused-ring (bicyclic) bond motifs is 1. The minimum atomic E-state index is 0.0731. The van der Waals surface area contributed by atoms with Gasteiger partial charge in [0.15, 0.2) is 0 Å². The zero-order valence-electron chi connectivity index (χ0n) is 9.14. The number of benzene rings is 1. The van der Waals surface area contributed by atoms with Crippen LogP contribution in [0.1, 0.15) is 25.3 Å². The molecule has 0 aliphatic carbocycles. The third kappa shape index (κ3) is 2.17. The first kappa shape index (κ1) is 11.3. The fourth-order valence-corrected chi connectivity index (χ4v) is 3.35. The molecule has 0 saturated heterocycles. The second kappa shape index (κ2) is 4.36. The van der Waals surface area contributed by atoms with Gasteiger partial charge in [0.2, 0.25) is 0 Å². The smallest absolute Gasteiger partial charge is 0.0415 e. The number of hydrogen-bond acceptors (Lipinski definition) is 2.